The number of aldehydes is 1. The Morgan fingerprint density at radius 3 is 2.69 bits per heavy atom. The Balaban J connectivity index is 2.69. The van der Waals surface area contributed by atoms with Crippen molar-refractivity contribution < 1.29 is 13.6 Å². The zero-order valence-corrected chi connectivity index (χ0v) is 9.08. The molecule has 0 atom stereocenters. The SMILES string of the molecule is Cc1cc(C)c(-c2ccoc2C=O)c(F)c1. The van der Waals surface area contributed by atoms with Crippen LogP contribution >= 0.6 is 0 Å². The summed E-state index contributed by atoms with van der Waals surface area (Å²) in [5, 5.41) is 0. The number of benzene rings is 1. The molecular formula is C13H11FO2. The summed E-state index contributed by atoms with van der Waals surface area (Å²) in [5.74, 6) is -0.173. The normalized spacial score (nSPS) is 10.4. The first-order valence-electron chi connectivity index (χ1n) is 4.93. The van der Waals surface area contributed by atoms with E-state index in [1.165, 1.54) is 12.3 Å². The zero-order valence-electron chi connectivity index (χ0n) is 9.08. The Bertz CT molecular complexity index is 518. The average molecular weight is 218 g/mol. The predicted molar refractivity (Wildman–Crippen MR) is 59.0 cm³/mol. The Morgan fingerprint density at radius 2 is 2.06 bits per heavy atom. The molecule has 0 aliphatic carbocycles. The lowest BCUT2D eigenvalue weighted by Gasteiger charge is -2.07. The van der Waals surface area contributed by atoms with E-state index in [-0.39, 0.29) is 11.6 Å². The van der Waals surface area contributed by atoms with Crippen LogP contribution in [0.3, 0.4) is 0 Å². The van der Waals surface area contributed by atoms with Crippen LogP contribution < -0.4 is 0 Å². The van der Waals surface area contributed by atoms with Gasteiger partial charge in [-0.1, -0.05) is 6.07 Å². The summed E-state index contributed by atoms with van der Waals surface area (Å²) in [7, 11) is 0. The topological polar surface area (TPSA) is 30.2 Å². The average Bonchev–Trinajstić information content (AvgIpc) is 2.64. The molecule has 2 nitrogen and oxygen atoms in total. The molecule has 0 unspecified atom stereocenters. The number of hydrogen-bond acceptors (Lipinski definition) is 2. The standard InChI is InChI=1S/C13H11FO2/c1-8-5-9(2)13(11(14)6-8)10-3-4-16-12(10)7-15/h3-7H,1-2H3. The van der Waals surface area contributed by atoms with Crippen molar-refractivity contribution in [1.82, 2.24) is 0 Å². The molecule has 0 saturated heterocycles. The zero-order chi connectivity index (χ0) is 11.7. The Labute approximate surface area is 92.7 Å². The summed E-state index contributed by atoms with van der Waals surface area (Å²) in [4.78, 5) is 10.7. The van der Waals surface area contributed by atoms with Gasteiger partial charge in [-0.05, 0) is 37.1 Å². The molecule has 0 amide bonds. The maximum absolute atomic E-state index is 13.8. The molecule has 16 heavy (non-hydrogen) atoms. The van der Waals surface area contributed by atoms with E-state index in [2.05, 4.69) is 0 Å². The van der Waals surface area contributed by atoms with E-state index in [9.17, 15) is 9.18 Å². The lowest BCUT2D eigenvalue weighted by Crippen LogP contribution is -1.92. The summed E-state index contributed by atoms with van der Waals surface area (Å²) < 4.78 is 18.8. The highest BCUT2D eigenvalue weighted by atomic mass is 19.1. The second kappa shape index (κ2) is 3.93. The summed E-state index contributed by atoms with van der Waals surface area (Å²) in [6.07, 6.45) is 1.98. The fourth-order valence-electron chi connectivity index (χ4n) is 1.88. The predicted octanol–water partition coefficient (Wildman–Crippen LogP) is 3.52. The summed E-state index contributed by atoms with van der Waals surface area (Å²) in [6.45, 7) is 3.64. The minimum atomic E-state index is -0.331. The van der Waals surface area contributed by atoms with Crippen molar-refractivity contribution >= 4 is 6.29 Å². The van der Waals surface area contributed by atoms with E-state index in [1.54, 1.807) is 6.07 Å². The molecule has 1 aromatic heterocycles. The third kappa shape index (κ3) is 1.65. The van der Waals surface area contributed by atoms with E-state index in [0.29, 0.717) is 17.4 Å². The van der Waals surface area contributed by atoms with Gasteiger partial charge < -0.3 is 4.42 Å². The van der Waals surface area contributed by atoms with Crippen molar-refractivity contribution in [3.63, 3.8) is 0 Å². The minimum Gasteiger partial charge on any atom is -0.461 e. The van der Waals surface area contributed by atoms with Crippen LogP contribution in [0.4, 0.5) is 4.39 Å². The number of hydrogen-bond donors (Lipinski definition) is 0. The molecule has 2 aromatic rings. The Kier molecular flexibility index (Phi) is 2.60. The first kappa shape index (κ1) is 10.6. The number of carbonyl (C=O) groups excluding carboxylic acids is 1. The van der Waals surface area contributed by atoms with E-state index in [4.69, 9.17) is 4.42 Å². The second-order valence-electron chi connectivity index (χ2n) is 3.76. The van der Waals surface area contributed by atoms with Crippen LogP contribution in [0.5, 0.6) is 0 Å². The van der Waals surface area contributed by atoms with Crippen LogP contribution in [-0.4, -0.2) is 6.29 Å². The summed E-state index contributed by atoms with van der Waals surface area (Å²) in [5.41, 5.74) is 2.59. The Morgan fingerprint density at radius 1 is 1.31 bits per heavy atom. The molecule has 82 valence electrons. The van der Waals surface area contributed by atoms with Crippen LogP contribution in [0, 0.1) is 19.7 Å². The molecule has 0 aliphatic rings. The summed E-state index contributed by atoms with van der Waals surface area (Å²) in [6, 6.07) is 4.92. The molecule has 1 aromatic carbocycles. The number of halogens is 1. The van der Waals surface area contributed by atoms with E-state index in [1.807, 2.05) is 19.9 Å². The highest BCUT2D eigenvalue weighted by Gasteiger charge is 2.15. The number of carbonyl (C=O) groups is 1. The lowest BCUT2D eigenvalue weighted by atomic mass is 9.98. The molecule has 0 bridgehead atoms. The van der Waals surface area contributed by atoms with Crippen LogP contribution in [-0.2, 0) is 0 Å². The van der Waals surface area contributed by atoms with Gasteiger partial charge in [0.1, 0.15) is 5.82 Å². The van der Waals surface area contributed by atoms with Crippen molar-refractivity contribution in [2.75, 3.05) is 0 Å². The maximum Gasteiger partial charge on any atom is 0.185 e. The fraction of sp³-hybridized carbons (Fsp3) is 0.154. The van der Waals surface area contributed by atoms with Crippen LogP contribution in [0.15, 0.2) is 28.9 Å². The molecule has 0 aliphatic heterocycles. The molecule has 2 rings (SSSR count). The largest absolute Gasteiger partial charge is 0.461 e. The van der Waals surface area contributed by atoms with Crippen LogP contribution in [0.25, 0.3) is 11.1 Å². The van der Waals surface area contributed by atoms with Crippen LogP contribution in [0.2, 0.25) is 0 Å². The van der Waals surface area contributed by atoms with Gasteiger partial charge in [-0.25, -0.2) is 4.39 Å². The molecule has 0 saturated carbocycles. The third-order valence-electron chi connectivity index (χ3n) is 2.50. The first-order chi connectivity index (χ1) is 7.63. The Hall–Kier alpha value is -1.90. The van der Waals surface area contributed by atoms with Gasteiger partial charge in [-0.2, -0.15) is 0 Å². The lowest BCUT2D eigenvalue weighted by molar-refractivity contribution is 0.110. The van der Waals surface area contributed by atoms with Crippen molar-refractivity contribution in [2.24, 2.45) is 0 Å². The van der Waals surface area contributed by atoms with Gasteiger partial charge in [-0.15, -0.1) is 0 Å². The quantitative estimate of drug-likeness (QED) is 0.722. The number of furan rings is 1. The summed E-state index contributed by atoms with van der Waals surface area (Å²) >= 11 is 0. The fourth-order valence-corrected chi connectivity index (χ4v) is 1.88. The van der Waals surface area contributed by atoms with Gasteiger partial charge in [-0.3, -0.25) is 4.79 Å². The second-order valence-corrected chi connectivity index (χ2v) is 3.76. The highest BCUT2D eigenvalue weighted by Crippen LogP contribution is 2.30. The minimum absolute atomic E-state index is 0.158. The molecule has 0 radical (unpaired) electrons. The van der Waals surface area contributed by atoms with E-state index >= 15 is 0 Å². The van der Waals surface area contributed by atoms with Gasteiger partial charge in [0.25, 0.3) is 0 Å². The molecular weight excluding hydrogens is 207 g/mol. The molecule has 3 heteroatoms. The number of aryl methyl sites for hydroxylation is 2. The van der Waals surface area contributed by atoms with Gasteiger partial charge in [0.05, 0.1) is 6.26 Å². The van der Waals surface area contributed by atoms with Gasteiger partial charge in [0.15, 0.2) is 12.0 Å². The van der Waals surface area contributed by atoms with Gasteiger partial charge in [0, 0.05) is 11.1 Å². The van der Waals surface area contributed by atoms with E-state index in [0.717, 1.165) is 11.1 Å². The highest BCUT2D eigenvalue weighted by molar-refractivity contribution is 5.85. The van der Waals surface area contributed by atoms with Gasteiger partial charge in [0.2, 0.25) is 0 Å². The van der Waals surface area contributed by atoms with Crippen molar-refractivity contribution in [3.05, 3.63) is 47.2 Å². The maximum atomic E-state index is 13.8. The smallest absolute Gasteiger partial charge is 0.185 e. The monoisotopic (exact) mass is 218 g/mol. The van der Waals surface area contributed by atoms with Crippen molar-refractivity contribution in [3.8, 4) is 11.1 Å². The van der Waals surface area contributed by atoms with Crippen molar-refractivity contribution in [2.45, 2.75) is 13.8 Å². The third-order valence-corrected chi connectivity index (χ3v) is 2.50. The first-order valence-corrected chi connectivity index (χ1v) is 4.93. The molecule has 1 heterocycles. The van der Waals surface area contributed by atoms with Crippen LogP contribution in [0.1, 0.15) is 21.7 Å². The number of rotatable bonds is 2. The van der Waals surface area contributed by atoms with E-state index < -0.39 is 0 Å². The molecule has 0 fully saturated rings. The van der Waals surface area contributed by atoms with Gasteiger partial charge >= 0.3 is 0 Å². The van der Waals surface area contributed by atoms with Crippen molar-refractivity contribution in [1.29, 1.82) is 0 Å². The molecule has 0 N–H and O–H groups in total. The molecule has 0 spiro atoms.